The second kappa shape index (κ2) is 10.7. The average Bonchev–Trinajstić information content (AvgIpc) is 3.22. The van der Waals surface area contributed by atoms with Crippen molar-refractivity contribution in [2.75, 3.05) is 11.1 Å². The number of para-hydroxylation sites is 1. The van der Waals surface area contributed by atoms with E-state index in [4.69, 9.17) is 15.0 Å². The maximum Gasteiger partial charge on any atom is 0.435 e. The molecule has 1 unspecified atom stereocenters. The number of nitrogen functional groups attached to an aromatic ring is 1. The summed E-state index contributed by atoms with van der Waals surface area (Å²) in [6.45, 7) is 1.63. The first-order chi connectivity index (χ1) is 17.8. The number of hydrogen-bond acceptors (Lipinski definition) is 9. The summed E-state index contributed by atoms with van der Waals surface area (Å²) in [4.78, 5) is 29.3. The molecule has 2 heterocycles. The highest BCUT2D eigenvalue weighted by molar-refractivity contribution is 8.00. The number of nitrogens with zero attached hydrogens (tertiary/aromatic N) is 4. The van der Waals surface area contributed by atoms with Gasteiger partial charge in [0.25, 0.3) is 0 Å². The van der Waals surface area contributed by atoms with E-state index in [1.165, 1.54) is 11.7 Å². The van der Waals surface area contributed by atoms with Gasteiger partial charge in [-0.2, -0.15) is 10.5 Å². The van der Waals surface area contributed by atoms with E-state index in [1.807, 2.05) is 42.5 Å². The zero-order chi connectivity index (χ0) is 26.5. The van der Waals surface area contributed by atoms with Gasteiger partial charge < -0.3 is 15.8 Å². The Labute approximate surface area is 215 Å². The summed E-state index contributed by atoms with van der Waals surface area (Å²) >= 11 is 0.972. The topological polar surface area (TPSA) is 175 Å². The van der Waals surface area contributed by atoms with Crippen molar-refractivity contribution < 1.29 is 18.7 Å². The van der Waals surface area contributed by atoms with Crippen LogP contribution < -0.4 is 26.1 Å². The highest BCUT2D eigenvalue weighted by Gasteiger charge is 2.32. The first-order valence-electron chi connectivity index (χ1n) is 10.8. The summed E-state index contributed by atoms with van der Waals surface area (Å²) < 4.78 is 11.8. The van der Waals surface area contributed by atoms with Crippen LogP contribution in [0.1, 0.15) is 18.1 Å². The number of carbonyl (C=O) groups is 1. The summed E-state index contributed by atoms with van der Waals surface area (Å²) in [5.41, 5.74) is 5.45. The fourth-order valence-electron chi connectivity index (χ4n) is 3.43. The van der Waals surface area contributed by atoms with E-state index in [-0.39, 0.29) is 39.1 Å². The number of aromatic nitrogens is 3. The van der Waals surface area contributed by atoms with Crippen molar-refractivity contribution >= 4 is 29.2 Å². The molecule has 2 aromatic carbocycles. The highest BCUT2D eigenvalue weighted by Crippen LogP contribution is 2.35. The number of rotatable bonds is 7. The Kier molecular flexibility index (Phi) is 7.23. The van der Waals surface area contributed by atoms with E-state index in [9.17, 15) is 20.1 Å². The summed E-state index contributed by atoms with van der Waals surface area (Å²) in [5, 5.41) is 24.1. The van der Waals surface area contributed by atoms with Gasteiger partial charge in [-0.3, -0.25) is 9.32 Å². The Morgan fingerprint density at radius 2 is 1.78 bits per heavy atom. The third kappa shape index (κ3) is 5.29. The van der Waals surface area contributed by atoms with E-state index in [2.05, 4.69) is 15.6 Å². The third-order valence-corrected chi connectivity index (χ3v) is 6.30. The minimum Gasteiger partial charge on any atom is -0.457 e. The molecule has 4 aromatic rings. The van der Waals surface area contributed by atoms with E-state index in [0.717, 1.165) is 11.8 Å². The molecule has 0 radical (unpaired) electrons. The smallest absolute Gasteiger partial charge is 0.435 e. The number of benzene rings is 2. The Morgan fingerprint density at radius 3 is 2.38 bits per heavy atom. The number of aryl methyl sites for hydroxylation is 1. The van der Waals surface area contributed by atoms with Gasteiger partial charge >= 0.3 is 11.3 Å². The molecule has 0 fully saturated rings. The van der Waals surface area contributed by atoms with Crippen molar-refractivity contribution in [1.82, 2.24) is 10.3 Å². The quantitative estimate of drug-likeness (QED) is 0.247. The van der Waals surface area contributed by atoms with Gasteiger partial charge in [-0.1, -0.05) is 34.6 Å². The van der Waals surface area contributed by atoms with Crippen LogP contribution in [-0.2, 0) is 11.8 Å². The first kappa shape index (κ1) is 25.0. The molecule has 2 aromatic heterocycles. The molecule has 0 aliphatic carbocycles. The number of ether oxygens (including phenoxy) is 1. The first-order valence-corrected chi connectivity index (χ1v) is 11.7. The zero-order valence-electron chi connectivity index (χ0n) is 19.7. The Hall–Kier alpha value is -5.07. The Balaban J connectivity index is 1.55. The molecule has 4 N–H and O–H groups in total. The normalized spacial score (nSPS) is 11.2. The molecule has 1 atom stereocenters. The lowest BCUT2D eigenvalue weighted by molar-refractivity contribution is -0.730. The van der Waals surface area contributed by atoms with Crippen LogP contribution in [0.2, 0.25) is 0 Å². The van der Waals surface area contributed by atoms with Gasteiger partial charge in [-0.05, 0) is 48.6 Å². The molecule has 0 bridgehead atoms. The zero-order valence-corrected chi connectivity index (χ0v) is 20.5. The van der Waals surface area contributed by atoms with Crippen LogP contribution >= 0.6 is 11.8 Å². The number of nitriles is 2. The molecule has 12 heteroatoms. The van der Waals surface area contributed by atoms with E-state index in [0.29, 0.717) is 17.2 Å². The van der Waals surface area contributed by atoms with Gasteiger partial charge in [0.1, 0.15) is 45.6 Å². The average molecular weight is 515 g/mol. The van der Waals surface area contributed by atoms with Crippen molar-refractivity contribution in [3.63, 3.8) is 0 Å². The second-order valence-corrected chi connectivity index (χ2v) is 9.06. The molecule has 0 saturated heterocycles. The van der Waals surface area contributed by atoms with Crippen LogP contribution in [0.3, 0.4) is 0 Å². The number of thioether (sulfide) groups is 1. The highest BCUT2D eigenvalue weighted by atomic mass is 32.2. The van der Waals surface area contributed by atoms with Crippen molar-refractivity contribution in [2.24, 2.45) is 7.05 Å². The molecule has 11 nitrogen and oxygen atoms in total. The van der Waals surface area contributed by atoms with Gasteiger partial charge in [0.15, 0.2) is 7.05 Å². The number of pyridine rings is 1. The summed E-state index contributed by atoms with van der Waals surface area (Å²) in [6, 6.07) is 20.0. The molecule has 0 saturated carbocycles. The molecule has 184 valence electrons. The number of H-pyrrole nitrogens is 1. The van der Waals surface area contributed by atoms with Crippen molar-refractivity contribution in [3.05, 3.63) is 76.1 Å². The van der Waals surface area contributed by atoms with E-state index < -0.39 is 10.9 Å². The van der Waals surface area contributed by atoms with Crippen LogP contribution in [0.15, 0.2) is 68.9 Å². The van der Waals surface area contributed by atoms with Crippen molar-refractivity contribution in [1.29, 1.82) is 10.5 Å². The van der Waals surface area contributed by atoms with Crippen LogP contribution in [0, 0.1) is 22.7 Å². The maximum absolute atomic E-state index is 12.9. The fraction of sp³-hybridized carbons (Fsp3) is 0.120. The minimum atomic E-state index is -0.789. The van der Waals surface area contributed by atoms with Crippen LogP contribution in [0.25, 0.3) is 11.3 Å². The number of amides is 1. The molecule has 0 aliphatic heterocycles. The summed E-state index contributed by atoms with van der Waals surface area (Å²) in [7, 11) is 1.48. The number of anilines is 2. The van der Waals surface area contributed by atoms with E-state index in [1.54, 1.807) is 31.2 Å². The molecule has 1 amide bonds. The molecule has 0 aliphatic rings. The SMILES string of the molecule is CC(Sc1nc(N)c(C#N)c(-c2c(=O)o[nH][n+]2C)c1C#N)C(=O)Nc1ccc(Oc2ccccc2)cc1. The summed E-state index contributed by atoms with van der Waals surface area (Å²) in [5.74, 6) is 0.763. The Bertz CT molecular complexity index is 1600. The third-order valence-electron chi connectivity index (χ3n) is 5.21. The maximum atomic E-state index is 12.9. The lowest BCUT2D eigenvalue weighted by atomic mass is 10.0. The van der Waals surface area contributed by atoms with Crippen LogP contribution in [-0.4, -0.2) is 21.4 Å². The predicted octanol–water partition coefficient (Wildman–Crippen LogP) is 3.09. The van der Waals surface area contributed by atoms with Gasteiger partial charge in [0, 0.05) is 5.69 Å². The standard InChI is InChI=1S/C25H19N7O4S/c1-14(23(33)29-15-8-10-17(11-9-15)35-16-6-4-3-5-7-16)37-24-19(13-27)20(18(12-26)22(28)30-24)21-25(34)36-31-32(21)2/h3-11,14H,1-2H3,(H3-,28,29,30,31,33,34)/p+1. The number of aromatic amines is 1. The van der Waals surface area contributed by atoms with Gasteiger partial charge in [-0.25, -0.2) is 9.78 Å². The second-order valence-electron chi connectivity index (χ2n) is 7.73. The molecule has 4 rings (SSSR count). The van der Waals surface area contributed by atoms with Crippen molar-refractivity contribution in [2.45, 2.75) is 17.2 Å². The van der Waals surface area contributed by atoms with Crippen LogP contribution in [0.5, 0.6) is 11.5 Å². The number of nitrogens with two attached hydrogens (primary N) is 1. The Morgan fingerprint density at radius 1 is 1.14 bits per heavy atom. The van der Waals surface area contributed by atoms with Crippen LogP contribution in [0.4, 0.5) is 11.5 Å². The monoisotopic (exact) mass is 514 g/mol. The molecule has 0 spiro atoms. The van der Waals surface area contributed by atoms with Gasteiger partial charge in [0.2, 0.25) is 5.91 Å². The lowest BCUT2D eigenvalue weighted by Gasteiger charge is -2.14. The predicted molar refractivity (Wildman–Crippen MR) is 134 cm³/mol. The molecule has 37 heavy (non-hydrogen) atoms. The van der Waals surface area contributed by atoms with Gasteiger partial charge in [-0.15, -0.1) is 0 Å². The van der Waals surface area contributed by atoms with Crippen molar-refractivity contribution in [3.8, 4) is 34.9 Å². The lowest BCUT2D eigenvalue weighted by Crippen LogP contribution is -2.34. The number of hydrogen-bond donors (Lipinski definition) is 3. The molecular weight excluding hydrogens is 494 g/mol. The number of nitrogens with one attached hydrogen (secondary N) is 2. The van der Waals surface area contributed by atoms with Gasteiger partial charge in [0.05, 0.1) is 10.8 Å². The van der Waals surface area contributed by atoms with E-state index >= 15 is 0 Å². The largest absolute Gasteiger partial charge is 0.457 e. The summed E-state index contributed by atoms with van der Waals surface area (Å²) in [6.07, 6.45) is 0. The minimum absolute atomic E-state index is 0.0147. The number of carbonyl (C=O) groups excluding carboxylic acids is 1. The fourth-order valence-corrected chi connectivity index (χ4v) is 4.34. The molecular formula is C25H20N7O4S+.